The van der Waals surface area contributed by atoms with Crippen LogP contribution in [0.3, 0.4) is 0 Å². The number of hydrogen-bond acceptors (Lipinski definition) is 2. The van der Waals surface area contributed by atoms with E-state index in [1.165, 1.54) is 12.5 Å². The minimum atomic E-state index is -0.292. The third-order valence-electron chi connectivity index (χ3n) is 3.85. The van der Waals surface area contributed by atoms with E-state index >= 15 is 0 Å². The lowest BCUT2D eigenvalue weighted by Gasteiger charge is -2.19. The van der Waals surface area contributed by atoms with Gasteiger partial charge in [0.1, 0.15) is 5.82 Å². The summed E-state index contributed by atoms with van der Waals surface area (Å²) in [4.78, 5) is 12.2. The Balaban J connectivity index is 1.73. The number of carbonyl (C=O) groups is 1. The van der Waals surface area contributed by atoms with Gasteiger partial charge in [0.25, 0.3) is 0 Å². The Hall–Kier alpha value is -0.690. The third-order valence-corrected chi connectivity index (χ3v) is 4.94. The van der Waals surface area contributed by atoms with Crippen LogP contribution in [0.4, 0.5) is 10.1 Å². The average Bonchev–Trinajstić information content (AvgIpc) is 2.97. The van der Waals surface area contributed by atoms with Crippen LogP contribution in [0.25, 0.3) is 0 Å². The molecule has 0 aromatic heterocycles. The predicted octanol–water partition coefficient (Wildman–Crippen LogP) is 2.51. The van der Waals surface area contributed by atoms with Crippen LogP contribution in [0.1, 0.15) is 19.3 Å². The third kappa shape index (κ3) is 2.14. The zero-order chi connectivity index (χ0) is 12.7. The first kappa shape index (κ1) is 12.3. The zero-order valence-electron chi connectivity index (χ0n) is 9.75. The van der Waals surface area contributed by atoms with Crippen LogP contribution in [-0.2, 0) is 4.79 Å². The summed E-state index contributed by atoms with van der Waals surface area (Å²) in [5.41, 5.74) is 0.573. The summed E-state index contributed by atoms with van der Waals surface area (Å²) in [6.45, 7) is 0. The maximum atomic E-state index is 13.4. The average molecular weight is 360 g/mol. The second-order valence-corrected chi connectivity index (χ2v) is 6.06. The van der Waals surface area contributed by atoms with Crippen molar-refractivity contribution < 1.29 is 9.18 Å². The van der Waals surface area contributed by atoms with Crippen LogP contribution in [-0.4, -0.2) is 18.0 Å². The van der Waals surface area contributed by atoms with Gasteiger partial charge in [0, 0.05) is 12.1 Å². The van der Waals surface area contributed by atoms with Crippen LogP contribution >= 0.6 is 22.6 Å². The molecule has 0 saturated carbocycles. The minimum Gasteiger partial charge on any atom is -0.325 e. The van der Waals surface area contributed by atoms with Crippen molar-refractivity contribution in [2.24, 2.45) is 5.92 Å². The predicted molar refractivity (Wildman–Crippen MR) is 75.8 cm³/mol. The molecule has 1 amide bonds. The van der Waals surface area contributed by atoms with Gasteiger partial charge in [-0.05, 0) is 54.0 Å². The Morgan fingerprint density at radius 3 is 2.94 bits per heavy atom. The van der Waals surface area contributed by atoms with E-state index in [0.717, 1.165) is 12.8 Å². The number of fused-ring (bicyclic) bond motifs is 2. The van der Waals surface area contributed by atoms with Crippen molar-refractivity contribution in [2.75, 3.05) is 5.32 Å². The van der Waals surface area contributed by atoms with Gasteiger partial charge in [0.2, 0.25) is 5.91 Å². The normalized spacial score (nSPS) is 29.6. The van der Waals surface area contributed by atoms with Crippen LogP contribution < -0.4 is 10.6 Å². The molecule has 18 heavy (non-hydrogen) atoms. The molecule has 2 bridgehead atoms. The molecule has 1 aromatic carbocycles. The molecule has 2 N–H and O–H groups in total. The van der Waals surface area contributed by atoms with Crippen molar-refractivity contribution in [3.8, 4) is 0 Å². The van der Waals surface area contributed by atoms with Gasteiger partial charge in [-0.1, -0.05) is 6.07 Å². The highest BCUT2D eigenvalue weighted by Crippen LogP contribution is 2.34. The Labute approximate surface area is 119 Å². The van der Waals surface area contributed by atoms with E-state index < -0.39 is 0 Å². The van der Waals surface area contributed by atoms with E-state index in [4.69, 9.17) is 0 Å². The number of hydrogen-bond donors (Lipinski definition) is 2. The minimum absolute atomic E-state index is 0.0122. The van der Waals surface area contributed by atoms with Crippen molar-refractivity contribution in [1.82, 2.24) is 5.32 Å². The highest BCUT2D eigenvalue weighted by atomic mass is 127. The molecule has 3 unspecified atom stereocenters. The number of nitrogens with one attached hydrogen (secondary N) is 2. The van der Waals surface area contributed by atoms with E-state index in [9.17, 15) is 9.18 Å². The van der Waals surface area contributed by atoms with Gasteiger partial charge in [0.05, 0.1) is 15.2 Å². The number of carbonyl (C=O) groups excluding carboxylic acids is 1. The molecule has 3 nitrogen and oxygen atoms in total. The van der Waals surface area contributed by atoms with E-state index in [1.807, 2.05) is 22.6 Å². The zero-order valence-corrected chi connectivity index (χ0v) is 11.9. The highest BCUT2D eigenvalue weighted by Gasteiger charge is 2.42. The Morgan fingerprint density at radius 1 is 1.44 bits per heavy atom. The molecule has 2 aliphatic rings. The van der Waals surface area contributed by atoms with Crippen molar-refractivity contribution in [2.45, 2.75) is 31.3 Å². The molecule has 0 radical (unpaired) electrons. The lowest BCUT2D eigenvalue weighted by atomic mass is 9.88. The van der Waals surface area contributed by atoms with Gasteiger partial charge in [-0.25, -0.2) is 4.39 Å². The fourth-order valence-electron chi connectivity index (χ4n) is 2.94. The van der Waals surface area contributed by atoms with E-state index in [2.05, 4.69) is 10.6 Å². The van der Waals surface area contributed by atoms with Crippen LogP contribution in [0.5, 0.6) is 0 Å². The summed E-state index contributed by atoms with van der Waals surface area (Å²) < 4.78 is 13.9. The summed E-state index contributed by atoms with van der Waals surface area (Å²) in [6.07, 6.45) is 3.15. The molecular formula is C13H14FIN2O. The van der Waals surface area contributed by atoms with Crippen LogP contribution in [0, 0.1) is 15.3 Å². The van der Waals surface area contributed by atoms with Gasteiger partial charge in [-0.15, -0.1) is 0 Å². The number of benzene rings is 1. The van der Waals surface area contributed by atoms with E-state index in [-0.39, 0.29) is 17.6 Å². The maximum absolute atomic E-state index is 13.4. The molecule has 3 atom stereocenters. The molecule has 2 heterocycles. The van der Waals surface area contributed by atoms with E-state index in [1.54, 1.807) is 12.1 Å². The van der Waals surface area contributed by atoms with Gasteiger partial charge in [-0.2, -0.15) is 0 Å². The lowest BCUT2D eigenvalue weighted by molar-refractivity contribution is -0.120. The molecule has 0 spiro atoms. The molecule has 0 aliphatic carbocycles. The van der Waals surface area contributed by atoms with Crippen molar-refractivity contribution in [1.29, 1.82) is 0 Å². The van der Waals surface area contributed by atoms with E-state index in [0.29, 0.717) is 21.3 Å². The summed E-state index contributed by atoms with van der Waals surface area (Å²) in [6, 6.07) is 5.56. The number of anilines is 1. The fraction of sp³-hybridized carbons (Fsp3) is 0.462. The molecule has 2 aliphatic heterocycles. The number of amides is 1. The molecule has 3 rings (SSSR count). The second kappa shape index (κ2) is 4.77. The van der Waals surface area contributed by atoms with Crippen molar-refractivity contribution >= 4 is 34.2 Å². The summed E-state index contributed by atoms with van der Waals surface area (Å²) in [7, 11) is 0. The first-order chi connectivity index (χ1) is 8.65. The van der Waals surface area contributed by atoms with Gasteiger partial charge < -0.3 is 10.6 Å². The molecule has 96 valence electrons. The van der Waals surface area contributed by atoms with Crippen LogP contribution in [0.2, 0.25) is 0 Å². The maximum Gasteiger partial charge on any atom is 0.229 e. The highest BCUT2D eigenvalue weighted by molar-refractivity contribution is 14.1. The summed E-state index contributed by atoms with van der Waals surface area (Å²) in [5, 5.41) is 6.29. The molecule has 1 aromatic rings. The van der Waals surface area contributed by atoms with Crippen molar-refractivity contribution in [3.63, 3.8) is 0 Å². The molecule has 2 saturated heterocycles. The van der Waals surface area contributed by atoms with Crippen molar-refractivity contribution in [3.05, 3.63) is 27.6 Å². The molecule has 2 fully saturated rings. The fourth-order valence-corrected chi connectivity index (χ4v) is 3.43. The first-order valence-corrected chi connectivity index (χ1v) is 7.24. The number of halogens is 2. The Kier molecular flexibility index (Phi) is 3.27. The second-order valence-electron chi connectivity index (χ2n) is 4.98. The molecular weight excluding hydrogens is 346 g/mol. The lowest BCUT2D eigenvalue weighted by Crippen LogP contribution is -2.33. The Bertz CT molecular complexity index is 494. The monoisotopic (exact) mass is 360 g/mol. The topological polar surface area (TPSA) is 41.1 Å². The van der Waals surface area contributed by atoms with Gasteiger partial charge >= 0.3 is 0 Å². The van der Waals surface area contributed by atoms with Crippen LogP contribution in [0.15, 0.2) is 18.2 Å². The Morgan fingerprint density at radius 2 is 2.28 bits per heavy atom. The quantitative estimate of drug-likeness (QED) is 0.796. The SMILES string of the molecule is O=C(Nc1cccc(F)c1I)C1CC2CCC1N2. The van der Waals surface area contributed by atoms with Gasteiger partial charge in [0.15, 0.2) is 0 Å². The smallest absolute Gasteiger partial charge is 0.229 e. The van der Waals surface area contributed by atoms with Gasteiger partial charge in [-0.3, -0.25) is 4.79 Å². The largest absolute Gasteiger partial charge is 0.325 e. The summed E-state index contributed by atoms with van der Waals surface area (Å²) >= 11 is 1.92. The summed E-state index contributed by atoms with van der Waals surface area (Å²) in [5.74, 6) is -0.250. The standard InChI is InChI=1S/C13H14FIN2O/c14-9-2-1-3-11(12(9)15)17-13(18)8-6-7-4-5-10(8)16-7/h1-3,7-8,10,16H,4-6H2,(H,17,18). The molecule has 5 heteroatoms. The first-order valence-electron chi connectivity index (χ1n) is 6.16. The number of rotatable bonds is 2.